The molecular weight excluding hydrogens is 604 g/mol. The first-order valence-corrected chi connectivity index (χ1v) is 15.6. The van der Waals surface area contributed by atoms with Crippen molar-refractivity contribution in [3.05, 3.63) is 166 Å². The minimum Gasteiger partial charge on any atom is -0.511 e. The van der Waals surface area contributed by atoms with E-state index in [2.05, 4.69) is 0 Å². The van der Waals surface area contributed by atoms with Crippen LogP contribution in [0.15, 0.2) is 144 Å². The van der Waals surface area contributed by atoms with Crippen molar-refractivity contribution in [2.24, 2.45) is 0 Å². The molecule has 0 radical (unpaired) electrons. The van der Waals surface area contributed by atoms with Crippen molar-refractivity contribution >= 4 is 23.4 Å². The number of esters is 2. The van der Waals surface area contributed by atoms with Crippen LogP contribution in [0.4, 0.5) is 0 Å². The van der Waals surface area contributed by atoms with Gasteiger partial charge in [0.15, 0.2) is 0 Å². The Morgan fingerprint density at radius 3 is 1.17 bits per heavy atom. The Bertz CT molecular complexity index is 1730. The van der Waals surface area contributed by atoms with Crippen LogP contribution >= 0.6 is 0 Å². The van der Waals surface area contributed by atoms with Gasteiger partial charge in [-0.25, -0.2) is 9.59 Å². The molecule has 48 heavy (non-hydrogen) atoms. The fourth-order valence-electron chi connectivity index (χ4n) is 6.00. The Hall–Kier alpha value is -5.76. The van der Waals surface area contributed by atoms with Crippen molar-refractivity contribution in [3.8, 4) is 0 Å². The molecule has 4 aromatic rings. The molecule has 0 aromatic heterocycles. The van der Waals surface area contributed by atoms with Gasteiger partial charge in [-0.3, -0.25) is 0 Å². The molecule has 4 N–H and O–H groups in total. The fourth-order valence-corrected chi connectivity index (χ4v) is 6.00. The van der Waals surface area contributed by atoms with Gasteiger partial charge in [-0.05, 0) is 36.1 Å². The average molecular weight is 643 g/mol. The standard InChI is InChI=1S/2C20H19NO3/c2*1-20(15-10-6-3-7-11-15)12-16(22)17(18(20)21)19(23)24-13-14-8-4-2-5-9-14/h2*2-11,21-22H,12-13H2,1H3/t2*20-/m10/s1. The predicted octanol–water partition coefficient (Wildman–Crippen LogP) is 7.85. The SMILES string of the molecule is C[C@@]1(c2ccccc2)CC(O)=C(C(=O)OCc2ccccc2)C1=N.C[C@]1(c2ccccc2)CC(O)=C(C(=O)OCc2ccccc2)C1=N. The summed E-state index contributed by atoms with van der Waals surface area (Å²) in [6.45, 7) is 3.95. The summed E-state index contributed by atoms with van der Waals surface area (Å²) < 4.78 is 10.6. The van der Waals surface area contributed by atoms with E-state index in [1.807, 2.05) is 135 Å². The summed E-state index contributed by atoms with van der Waals surface area (Å²) in [5, 5.41) is 37.4. The number of ether oxygens (including phenoxy) is 2. The number of nitrogens with one attached hydrogen (secondary N) is 2. The summed E-state index contributed by atoms with van der Waals surface area (Å²) in [4.78, 5) is 24.8. The number of carbonyl (C=O) groups excluding carboxylic acids is 2. The predicted molar refractivity (Wildman–Crippen MR) is 184 cm³/mol. The summed E-state index contributed by atoms with van der Waals surface area (Å²) in [5.41, 5.74) is 2.25. The molecule has 244 valence electrons. The van der Waals surface area contributed by atoms with Crippen molar-refractivity contribution in [2.75, 3.05) is 0 Å². The van der Waals surface area contributed by atoms with Gasteiger partial charge < -0.3 is 30.5 Å². The van der Waals surface area contributed by atoms with E-state index in [0.717, 1.165) is 22.3 Å². The number of aliphatic hydroxyl groups is 2. The van der Waals surface area contributed by atoms with Gasteiger partial charge in [-0.2, -0.15) is 0 Å². The molecule has 0 saturated heterocycles. The zero-order valence-electron chi connectivity index (χ0n) is 26.9. The van der Waals surface area contributed by atoms with Gasteiger partial charge in [0.1, 0.15) is 35.9 Å². The minimum atomic E-state index is -0.716. The number of hydrogen-bond acceptors (Lipinski definition) is 8. The lowest BCUT2D eigenvalue weighted by Gasteiger charge is -2.25. The molecule has 0 spiro atoms. The van der Waals surface area contributed by atoms with E-state index in [-0.39, 0.29) is 60.1 Å². The second kappa shape index (κ2) is 14.3. The van der Waals surface area contributed by atoms with E-state index >= 15 is 0 Å². The van der Waals surface area contributed by atoms with Crippen molar-refractivity contribution in [1.82, 2.24) is 0 Å². The third-order valence-corrected chi connectivity index (χ3v) is 8.88. The van der Waals surface area contributed by atoms with Crippen molar-refractivity contribution < 1.29 is 29.3 Å². The lowest BCUT2D eigenvalue weighted by molar-refractivity contribution is -0.140. The number of allylic oxidation sites excluding steroid dienone is 2. The summed E-state index contributed by atoms with van der Waals surface area (Å²) in [7, 11) is 0. The lowest BCUT2D eigenvalue weighted by Crippen LogP contribution is -2.30. The first-order chi connectivity index (χ1) is 23.0. The first kappa shape index (κ1) is 33.6. The number of rotatable bonds is 8. The van der Waals surface area contributed by atoms with Crippen molar-refractivity contribution in [3.63, 3.8) is 0 Å². The second-order valence-corrected chi connectivity index (χ2v) is 12.3. The van der Waals surface area contributed by atoms with Crippen LogP contribution in [0, 0.1) is 10.8 Å². The van der Waals surface area contributed by atoms with E-state index in [4.69, 9.17) is 20.3 Å². The van der Waals surface area contributed by atoms with Crippen LogP contribution in [0.1, 0.15) is 48.9 Å². The molecule has 8 nitrogen and oxygen atoms in total. The van der Waals surface area contributed by atoms with Crippen molar-refractivity contribution in [1.29, 1.82) is 10.8 Å². The largest absolute Gasteiger partial charge is 0.511 e. The highest BCUT2D eigenvalue weighted by molar-refractivity contribution is 6.25. The Labute approximate surface area is 280 Å². The summed E-state index contributed by atoms with van der Waals surface area (Å²) in [5.74, 6) is -1.46. The van der Waals surface area contributed by atoms with Gasteiger partial charge in [0.25, 0.3) is 0 Å². The summed E-state index contributed by atoms with van der Waals surface area (Å²) in [6.07, 6.45) is 0.456. The van der Waals surface area contributed by atoms with Crippen molar-refractivity contribution in [2.45, 2.75) is 50.7 Å². The highest BCUT2D eigenvalue weighted by atomic mass is 16.5. The molecule has 2 aliphatic carbocycles. The lowest BCUT2D eigenvalue weighted by atomic mass is 9.78. The van der Waals surface area contributed by atoms with Gasteiger partial charge in [0.2, 0.25) is 0 Å². The molecule has 0 aliphatic heterocycles. The van der Waals surface area contributed by atoms with Crippen LogP contribution in [0.3, 0.4) is 0 Å². The minimum absolute atomic E-state index is 0.0164. The van der Waals surface area contributed by atoms with Gasteiger partial charge in [-0.1, -0.05) is 121 Å². The highest BCUT2D eigenvalue weighted by Crippen LogP contribution is 2.42. The van der Waals surface area contributed by atoms with Crippen LogP contribution in [-0.2, 0) is 43.1 Å². The molecule has 0 saturated carbocycles. The second-order valence-electron chi connectivity index (χ2n) is 12.3. The molecule has 0 fully saturated rings. The fraction of sp³-hybridized carbons (Fsp3) is 0.200. The molecule has 0 amide bonds. The third kappa shape index (κ3) is 6.98. The van der Waals surface area contributed by atoms with Crippen LogP contribution in [0.5, 0.6) is 0 Å². The van der Waals surface area contributed by atoms with Crippen LogP contribution in [0.25, 0.3) is 0 Å². The first-order valence-electron chi connectivity index (χ1n) is 15.6. The molecule has 4 aromatic carbocycles. The summed E-state index contributed by atoms with van der Waals surface area (Å²) >= 11 is 0. The molecule has 2 aliphatic rings. The van der Waals surface area contributed by atoms with Crippen LogP contribution < -0.4 is 0 Å². The quantitative estimate of drug-likeness (QED) is 0.144. The molecule has 0 unspecified atom stereocenters. The number of carbonyl (C=O) groups is 2. The monoisotopic (exact) mass is 642 g/mol. The van der Waals surface area contributed by atoms with E-state index < -0.39 is 22.8 Å². The normalized spacial score (nSPS) is 20.3. The Morgan fingerprint density at radius 1 is 0.562 bits per heavy atom. The maximum absolute atomic E-state index is 12.4. The molecule has 0 bridgehead atoms. The van der Waals surface area contributed by atoms with E-state index in [1.165, 1.54) is 0 Å². The smallest absolute Gasteiger partial charge is 0.343 e. The Morgan fingerprint density at radius 2 is 0.854 bits per heavy atom. The highest BCUT2D eigenvalue weighted by Gasteiger charge is 2.46. The van der Waals surface area contributed by atoms with Gasteiger partial charge in [-0.15, -0.1) is 0 Å². The molecule has 0 heterocycles. The molecular formula is C40H38N2O6. The maximum atomic E-state index is 12.4. The van der Waals surface area contributed by atoms with Gasteiger partial charge >= 0.3 is 11.9 Å². The van der Waals surface area contributed by atoms with Crippen LogP contribution in [-0.4, -0.2) is 33.6 Å². The number of benzene rings is 4. The van der Waals surface area contributed by atoms with E-state index in [9.17, 15) is 19.8 Å². The van der Waals surface area contributed by atoms with Gasteiger partial charge in [0, 0.05) is 23.7 Å². The average Bonchev–Trinajstić information content (AvgIpc) is 3.50. The molecule has 2 atom stereocenters. The zero-order chi connectivity index (χ0) is 34.3. The zero-order valence-corrected chi connectivity index (χ0v) is 26.9. The number of hydrogen-bond donors (Lipinski definition) is 4. The molecule has 8 heteroatoms. The Kier molecular flexibility index (Phi) is 10.0. The molecule has 6 rings (SSSR count). The third-order valence-electron chi connectivity index (χ3n) is 8.88. The number of aliphatic hydroxyl groups excluding tert-OH is 2. The topological polar surface area (TPSA) is 141 Å². The van der Waals surface area contributed by atoms with Gasteiger partial charge in [0.05, 0.1) is 11.4 Å². The summed E-state index contributed by atoms with van der Waals surface area (Å²) in [6, 6.07) is 37.6. The maximum Gasteiger partial charge on any atom is 0.343 e. The van der Waals surface area contributed by atoms with Crippen LogP contribution in [0.2, 0.25) is 0 Å². The Balaban J connectivity index is 0.000000188. The van der Waals surface area contributed by atoms with E-state index in [1.54, 1.807) is 0 Å². The van der Waals surface area contributed by atoms with E-state index in [0.29, 0.717) is 0 Å².